The monoisotopic (exact) mass is 344 g/mol. The van der Waals surface area contributed by atoms with E-state index >= 15 is 0 Å². The van der Waals surface area contributed by atoms with Crippen molar-refractivity contribution in [3.63, 3.8) is 0 Å². The van der Waals surface area contributed by atoms with E-state index in [-0.39, 0.29) is 11.8 Å². The number of anilines is 1. The highest BCUT2D eigenvalue weighted by atomic mass is 16.5. The summed E-state index contributed by atoms with van der Waals surface area (Å²) < 4.78 is 10.9. The van der Waals surface area contributed by atoms with E-state index in [1.165, 1.54) is 0 Å². The van der Waals surface area contributed by atoms with Gasteiger partial charge in [-0.25, -0.2) is 0 Å². The lowest BCUT2D eigenvalue weighted by molar-refractivity contribution is -0.130. The van der Waals surface area contributed by atoms with Gasteiger partial charge < -0.3 is 19.0 Å². The minimum Gasteiger partial charge on any atom is -0.497 e. The number of hydrogen-bond donors (Lipinski definition) is 0. The molecular formula is C18H24N4O3. The van der Waals surface area contributed by atoms with Crippen LogP contribution in [0.15, 0.2) is 28.7 Å². The van der Waals surface area contributed by atoms with E-state index in [1.807, 2.05) is 47.9 Å². The summed E-state index contributed by atoms with van der Waals surface area (Å²) in [7, 11) is 1.63. The predicted molar refractivity (Wildman–Crippen MR) is 93.9 cm³/mol. The Morgan fingerprint density at radius 1 is 1.24 bits per heavy atom. The molecule has 134 valence electrons. The summed E-state index contributed by atoms with van der Waals surface area (Å²) >= 11 is 0. The zero-order valence-electron chi connectivity index (χ0n) is 14.9. The minimum atomic E-state index is 0.126. The van der Waals surface area contributed by atoms with Crippen LogP contribution in [0.3, 0.4) is 0 Å². The normalized spacial score (nSPS) is 14.9. The van der Waals surface area contributed by atoms with E-state index in [0.717, 1.165) is 11.3 Å². The number of piperazine rings is 1. The molecule has 0 N–H and O–H groups in total. The number of carbonyl (C=O) groups is 1. The molecular weight excluding hydrogens is 320 g/mol. The summed E-state index contributed by atoms with van der Waals surface area (Å²) in [6.45, 7) is 6.75. The molecule has 1 fully saturated rings. The molecule has 1 aromatic carbocycles. The largest absolute Gasteiger partial charge is 0.497 e. The maximum atomic E-state index is 12.5. The van der Waals surface area contributed by atoms with Crippen molar-refractivity contribution in [1.82, 2.24) is 15.1 Å². The van der Waals surface area contributed by atoms with Crippen molar-refractivity contribution in [2.45, 2.75) is 26.2 Å². The Balaban J connectivity index is 1.55. The van der Waals surface area contributed by atoms with Crippen LogP contribution in [0.5, 0.6) is 5.75 Å². The molecule has 1 amide bonds. The van der Waals surface area contributed by atoms with Crippen LogP contribution < -0.4 is 9.64 Å². The summed E-state index contributed by atoms with van der Waals surface area (Å²) in [4.78, 5) is 16.4. The van der Waals surface area contributed by atoms with E-state index in [1.54, 1.807) is 7.11 Å². The van der Waals surface area contributed by atoms with Crippen molar-refractivity contribution in [3.05, 3.63) is 35.7 Å². The molecule has 0 bridgehead atoms. The van der Waals surface area contributed by atoms with Crippen LogP contribution in [-0.2, 0) is 11.2 Å². The van der Waals surface area contributed by atoms with Gasteiger partial charge in [0.25, 0.3) is 0 Å². The zero-order valence-corrected chi connectivity index (χ0v) is 14.9. The number of rotatable bonds is 5. The molecule has 0 aliphatic carbocycles. The molecule has 1 saturated heterocycles. The summed E-state index contributed by atoms with van der Waals surface area (Å²) in [6, 6.07) is 8.18. The maximum absolute atomic E-state index is 12.5. The fourth-order valence-corrected chi connectivity index (χ4v) is 2.80. The van der Waals surface area contributed by atoms with Crippen LogP contribution in [0.1, 0.15) is 31.2 Å². The summed E-state index contributed by atoms with van der Waals surface area (Å²) in [5, 5.41) is 8.18. The Morgan fingerprint density at radius 2 is 2.00 bits per heavy atom. The Morgan fingerprint density at radius 3 is 2.64 bits per heavy atom. The zero-order chi connectivity index (χ0) is 17.8. The highest BCUT2D eigenvalue weighted by Crippen LogP contribution is 2.20. The SMILES string of the molecule is COc1cccc(CC(=O)N2CCN(c3nnc(C(C)C)o3)CC2)c1. The second-order valence-electron chi connectivity index (χ2n) is 6.47. The second-order valence-corrected chi connectivity index (χ2v) is 6.47. The van der Waals surface area contributed by atoms with E-state index in [0.29, 0.717) is 44.5 Å². The molecule has 0 spiro atoms. The number of aromatic nitrogens is 2. The van der Waals surface area contributed by atoms with E-state index < -0.39 is 0 Å². The first-order valence-electron chi connectivity index (χ1n) is 8.56. The number of carbonyl (C=O) groups excluding carboxylic acids is 1. The van der Waals surface area contributed by atoms with Gasteiger partial charge in [-0.2, -0.15) is 0 Å². The maximum Gasteiger partial charge on any atom is 0.318 e. The molecule has 0 unspecified atom stereocenters. The van der Waals surface area contributed by atoms with Crippen molar-refractivity contribution in [3.8, 4) is 5.75 Å². The molecule has 1 aliphatic heterocycles. The van der Waals surface area contributed by atoms with Crippen LogP contribution in [-0.4, -0.2) is 54.3 Å². The third-order valence-corrected chi connectivity index (χ3v) is 4.32. The average Bonchev–Trinajstić information content (AvgIpc) is 3.12. The van der Waals surface area contributed by atoms with Crippen molar-refractivity contribution in [2.75, 3.05) is 38.2 Å². The molecule has 2 aromatic rings. The predicted octanol–water partition coefficient (Wildman–Crippen LogP) is 2.09. The fraction of sp³-hybridized carbons (Fsp3) is 0.500. The van der Waals surface area contributed by atoms with Gasteiger partial charge in [0.15, 0.2) is 0 Å². The molecule has 3 rings (SSSR count). The van der Waals surface area contributed by atoms with Gasteiger partial charge in [-0.05, 0) is 17.7 Å². The number of hydrogen-bond acceptors (Lipinski definition) is 6. The van der Waals surface area contributed by atoms with Gasteiger partial charge in [-0.15, -0.1) is 5.10 Å². The lowest BCUT2D eigenvalue weighted by atomic mass is 10.1. The van der Waals surface area contributed by atoms with E-state index in [9.17, 15) is 4.79 Å². The van der Waals surface area contributed by atoms with Gasteiger partial charge in [-0.3, -0.25) is 4.79 Å². The number of ether oxygens (including phenoxy) is 1. The topological polar surface area (TPSA) is 71.7 Å². The van der Waals surface area contributed by atoms with Gasteiger partial charge >= 0.3 is 6.01 Å². The van der Waals surface area contributed by atoms with Crippen molar-refractivity contribution < 1.29 is 13.9 Å². The van der Waals surface area contributed by atoms with Gasteiger partial charge in [0.2, 0.25) is 11.8 Å². The smallest absolute Gasteiger partial charge is 0.318 e. The number of methoxy groups -OCH3 is 1. The first-order valence-corrected chi connectivity index (χ1v) is 8.56. The highest BCUT2D eigenvalue weighted by Gasteiger charge is 2.24. The van der Waals surface area contributed by atoms with Crippen LogP contribution in [0.4, 0.5) is 6.01 Å². The van der Waals surface area contributed by atoms with Crippen molar-refractivity contribution in [1.29, 1.82) is 0 Å². The lowest BCUT2D eigenvalue weighted by Crippen LogP contribution is -2.49. The van der Waals surface area contributed by atoms with Gasteiger partial charge in [-0.1, -0.05) is 31.1 Å². The van der Waals surface area contributed by atoms with Gasteiger partial charge in [0.1, 0.15) is 5.75 Å². The first kappa shape index (κ1) is 17.3. The fourth-order valence-electron chi connectivity index (χ4n) is 2.80. The van der Waals surface area contributed by atoms with Crippen molar-refractivity contribution in [2.24, 2.45) is 0 Å². The molecule has 0 saturated carbocycles. The molecule has 7 heteroatoms. The van der Waals surface area contributed by atoms with Crippen molar-refractivity contribution >= 4 is 11.9 Å². The Hall–Kier alpha value is -2.57. The Kier molecular flexibility index (Phi) is 5.21. The number of nitrogens with zero attached hydrogens (tertiary/aromatic N) is 4. The van der Waals surface area contributed by atoms with Crippen LogP contribution in [0, 0.1) is 0 Å². The second kappa shape index (κ2) is 7.55. The van der Waals surface area contributed by atoms with Gasteiger partial charge in [0.05, 0.1) is 13.5 Å². The Labute approximate surface area is 147 Å². The van der Waals surface area contributed by atoms with Gasteiger partial charge in [0, 0.05) is 32.1 Å². The average molecular weight is 344 g/mol. The standard InChI is InChI=1S/C18H24N4O3/c1-13(2)17-19-20-18(25-17)22-9-7-21(8-10-22)16(23)12-14-5-4-6-15(11-14)24-3/h4-6,11,13H,7-10,12H2,1-3H3. The molecule has 0 atom stereocenters. The molecule has 2 heterocycles. The highest BCUT2D eigenvalue weighted by molar-refractivity contribution is 5.79. The molecule has 7 nitrogen and oxygen atoms in total. The molecule has 1 aromatic heterocycles. The van der Waals surface area contributed by atoms with Crippen LogP contribution >= 0.6 is 0 Å². The van der Waals surface area contributed by atoms with Crippen LogP contribution in [0.2, 0.25) is 0 Å². The third-order valence-electron chi connectivity index (χ3n) is 4.32. The quantitative estimate of drug-likeness (QED) is 0.827. The number of amides is 1. The lowest BCUT2D eigenvalue weighted by Gasteiger charge is -2.33. The van der Waals surface area contributed by atoms with E-state index in [2.05, 4.69) is 10.2 Å². The third kappa shape index (κ3) is 4.10. The Bertz CT molecular complexity index is 721. The molecule has 25 heavy (non-hydrogen) atoms. The molecule has 1 aliphatic rings. The summed E-state index contributed by atoms with van der Waals surface area (Å²) in [5.41, 5.74) is 0.963. The number of benzene rings is 1. The summed E-state index contributed by atoms with van der Waals surface area (Å²) in [6.07, 6.45) is 0.384. The first-order chi connectivity index (χ1) is 12.1. The van der Waals surface area contributed by atoms with Crippen LogP contribution in [0.25, 0.3) is 0 Å². The minimum absolute atomic E-state index is 0.126. The molecule has 0 radical (unpaired) electrons. The summed E-state index contributed by atoms with van der Waals surface area (Å²) in [5.74, 6) is 1.76. The van der Waals surface area contributed by atoms with E-state index in [4.69, 9.17) is 9.15 Å².